The Morgan fingerprint density at radius 1 is 0.833 bits per heavy atom. The lowest BCUT2D eigenvalue weighted by Crippen LogP contribution is -2.33. The van der Waals surface area contributed by atoms with Crippen molar-refractivity contribution in [2.45, 2.75) is 18.7 Å². The molecule has 4 aromatic rings. The third-order valence-electron chi connectivity index (χ3n) is 5.95. The maximum atomic E-state index is 6.58. The van der Waals surface area contributed by atoms with E-state index in [1.54, 1.807) is 0 Å². The molecule has 146 valence electrons. The lowest BCUT2D eigenvalue weighted by atomic mass is 9.95. The Hall–Kier alpha value is -3.11. The Bertz CT molecular complexity index is 1280. The predicted octanol–water partition coefficient (Wildman–Crippen LogP) is 6.84. The molecule has 2 aliphatic rings. The largest absolute Gasteiger partial charge is 0.464 e. The molecule has 0 radical (unpaired) electrons. The average molecular weight is 455 g/mol. The van der Waals surface area contributed by atoms with Gasteiger partial charge >= 0.3 is 0 Å². The molecule has 0 saturated carbocycles. The fourth-order valence-corrected chi connectivity index (χ4v) is 4.91. The molecule has 0 aromatic heterocycles. The van der Waals surface area contributed by atoms with Gasteiger partial charge in [-0.15, -0.1) is 0 Å². The van der Waals surface area contributed by atoms with E-state index in [-0.39, 0.29) is 12.3 Å². The normalized spacial score (nSPS) is 19.8. The van der Waals surface area contributed by atoms with E-state index < -0.39 is 0 Å². The highest BCUT2D eigenvalue weighted by Crippen LogP contribution is 2.49. The number of hydrogen-bond donors (Lipinski definition) is 0. The van der Waals surface area contributed by atoms with Crippen LogP contribution in [0, 0.1) is 0 Å². The van der Waals surface area contributed by atoms with Gasteiger partial charge in [-0.25, -0.2) is 5.01 Å². The van der Waals surface area contributed by atoms with Crippen molar-refractivity contribution in [1.82, 2.24) is 5.01 Å². The third-order valence-corrected chi connectivity index (χ3v) is 6.44. The molecule has 0 amide bonds. The van der Waals surface area contributed by atoms with Gasteiger partial charge in [0.1, 0.15) is 5.75 Å². The number of benzene rings is 4. The zero-order valence-corrected chi connectivity index (χ0v) is 17.8. The van der Waals surface area contributed by atoms with Crippen molar-refractivity contribution in [1.29, 1.82) is 0 Å². The van der Waals surface area contributed by atoms with E-state index in [0.29, 0.717) is 0 Å². The van der Waals surface area contributed by atoms with Crippen molar-refractivity contribution in [2.75, 3.05) is 0 Å². The quantitative estimate of drug-likeness (QED) is 0.331. The Kier molecular flexibility index (Phi) is 4.13. The van der Waals surface area contributed by atoms with E-state index in [1.807, 2.05) is 12.1 Å². The van der Waals surface area contributed by atoms with Crippen LogP contribution in [-0.4, -0.2) is 10.7 Å². The van der Waals surface area contributed by atoms with Crippen molar-refractivity contribution in [3.8, 4) is 5.75 Å². The van der Waals surface area contributed by atoms with Crippen molar-refractivity contribution < 1.29 is 4.74 Å². The smallest absolute Gasteiger partial charge is 0.214 e. The Morgan fingerprint density at radius 2 is 1.63 bits per heavy atom. The average Bonchev–Trinajstić information content (AvgIpc) is 3.25. The SMILES string of the molecule is Brc1ccc2c(c1)C1CC(c3ccccc3)=NN1C(c1cccc3ccccc13)O2. The molecule has 0 N–H and O–H groups in total. The molecule has 0 bridgehead atoms. The second kappa shape index (κ2) is 6.99. The summed E-state index contributed by atoms with van der Waals surface area (Å²) in [6.07, 6.45) is 0.592. The summed E-state index contributed by atoms with van der Waals surface area (Å²) in [5, 5.41) is 9.65. The van der Waals surface area contributed by atoms with Gasteiger partial charge in [-0.05, 0) is 34.5 Å². The summed E-state index contributed by atoms with van der Waals surface area (Å²) in [6.45, 7) is 0. The molecule has 2 heterocycles. The molecular weight excluding hydrogens is 436 g/mol. The molecule has 0 saturated heterocycles. The fraction of sp³-hybridized carbons (Fsp3) is 0.115. The molecule has 2 atom stereocenters. The minimum atomic E-state index is -0.268. The molecule has 2 aliphatic heterocycles. The zero-order valence-electron chi connectivity index (χ0n) is 16.2. The summed E-state index contributed by atoms with van der Waals surface area (Å²) in [4.78, 5) is 0. The Labute approximate surface area is 183 Å². The Morgan fingerprint density at radius 3 is 2.53 bits per heavy atom. The van der Waals surface area contributed by atoms with Gasteiger partial charge in [0.05, 0.1) is 11.8 Å². The monoisotopic (exact) mass is 454 g/mol. The van der Waals surface area contributed by atoms with Gasteiger partial charge in [-0.1, -0.05) is 88.7 Å². The van der Waals surface area contributed by atoms with Gasteiger partial charge in [-0.3, -0.25) is 0 Å². The lowest BCUT2D eigenvalue weighted by Gasteiger charge is -2.38. The predicted molar refractivity (Wildman–Crippen MR) is 124 cm³/mol. The van der Waals surface area contributed by atoms with E-state index in [9.17, 15) is 0 Å². The second-order valence-electron chi connectivity index (χ2n) is 7.73. The van der Waals surface area contributed by atoms with E-state index in [1.165, 1.54) is 21.9 Å². The second-order valence-corrected chi connectivity index (χ2v) is 8.65. The van der Waals surface area contributed by atoms with E-state index in [2.05, 4.69) is 99.8 Å². The molecule has 4 heteroatoms. The first-order valence-electron chi connectivity index (χ1n) is 10.1. The number of ether oxygens (including phenoxy) is 1. The van der Waals surface area contributed by atoms with Gasteiger partial charge in [0.15, 0.2) is 0 Å². The standard InChI is InChI=1S/C26H19BrN2O/c27-19-13-14-25-22(15-19)24-16-23(18-8-2-1-3-9-18)28-29(24)26(30-25)21-12-6-10-17-7-4-5-11-20(17)21/h1-15,24,26H,16H2. The summed E-state index contributed by atoms with van der Waals surface area (Å²) in [6, 6.07) is 31.7. The summed E-state index contributed by atoms with van der Waals surface area (Å²) >= 11 is 3.63. The van der Waals surface area contributed by atoms with Crippen LogP contribution in [0.15, 0.2) is 101 Å². The van der Waals surface area contributed by atoms with Crippen molar-refractivity contribution >= 4 is 32.4 Å². The molecule has 0 fully saturated rings. The first kappa shape index (κ1) is 17.7. The van der Waals surface area contributed by atoms with Gasteiger partial charge < -0.3 is 4.74 Å². The topological polar surface area (TPSA) is 24.8 Å². The Balaban J connectivity index is 1.53. The van der Waals surface area contributed by atoms with Gasteiger partial charge in [0.25, 0.3) is 0 Å². The molecule has 0 spiro atoms. The lowest BCUT2D eigenvalue weighted by molar-refractivity contribution is -0.0181. The fourth-order valence-electron chi connectivity index (χ4n) is 4.53. The maximum Gasteiger partial charge on any atom is 0.214 e. The highest BCUT2D eigenvalue weighted by molar-refractivity contribution is 9.10. The van der Waals surface area contributed by atoms with Crippen LogP contribution in [-0.2, 0) is 0 Å². The minimum Gasteiger partial charge on any atom is -0.464 e. The molecule has 4 aromatic carbocycles. The maximum absolute atomic E-state index is 6.58. The molecule has 3 nitrogen and oxygen atoms in total. The minimum absolute atomic E-state index is 0.144. The van der Waals surface area contributed by atoms with Crippen LogP contribution < -0.4 is 4.74 Å². The highest BCUT2D eigenvalue weighted by atomic mass is 79.9. The van der Waals surface area contributed by atoms with Crippen molar-refractivity contribution in [2.24, 2.45) is 5.10 Å². The van der Waals surface area contributed by atoms with Gasteiger partial charge in [-0.2, -0.15) is 5.10 Å². The van der Waals surface area contributed by atoms with E-state index in [4.69, 9.17) is 9.84 Å². The van der Waals surface area contributed by atoms with Crippen LogP contribution in [0.3, 0.4) is 0 Å². The number of nitrogens with zero attached hydrogens (tertiary/aromatic N) is 2. The number of halogens is 1. The van der Waals surface area contributed by atoms with E-state index >= 15 is 0 Å². The van der Waals surface area contributed by atoms with E-state index in [0.717, 1.165) is 27.9 Å². The van der Waals surface area contributed by atoms with Crippen LogP contribution in [0.2, 0.25) is 0 Å². The number of fused-ring (bicyclic) bond motifs is 4. The first-order valence-corrected chi connectivity index (χ1v) is 10.9. The van der Waals surface area contributed by atoms with Crippen molar-refractivity contribution in [3.05, 3.63) is 112 Å². The van der Waals surface area contributed by atoms with Crippen LogP contribution >= 0.6 is 15.9 Å². The number of hydrogen-bond acceptors (Lipinski definition) is 3. The van der Waals surface area contributed by atoms with Gasteiger partial charge in [0, 0.05) is 22.0 Å². The van der Waals surface area contributed by atoms with Crippen LogP contribution in [0.5, 0.6) is 5.75 Å². The molecule has 6 rings (SSSR count). The summed E-state index contributed by atoms with van der Waals surface area (Å²) in [7, 11) is 0. The number of rotatable bonds is 2. The third kappa shape index (κ3) is 2.83. The molecular formula is C26H19BrN2O. The summed E-state index contributed by atoms with van der Waals surface area (Å²) in [5.74, 6) is 0.932. The zero-order chi connectivity index (χ0) is 20.1. The molecule has 0 aliphatic carbocycles. The van der Waals surface area contributed by atoms with Crippen LogP contribution in [0.4, 0.5) is 0 Å². The van der Waals surface area contributed by atoms with Gasteiger partial charge in [0.2, 0.25) is 6.23 Å². The number of hydrazone groups is 1. The molecule has 30 heavy (non-hydrogen) atoms. The first-order chi connectivity index (χ1) is 14.8. The highest BCUT2D eigenvalue weighted by Gasteiger charge is 2.41. The van der Waals surface area contributed by atoms with Crippen LogP contribution in [0.1, 0.15) is 35.4 Å². The van der Waals surface area contributed by atoms with Crippen molar-refractivity contribution in [3.63, 3.8) is 0 Å². The summed E-state index contributed by atoms with van der Waals surface area (Å²) < 4.78 is 7.63. The molecule has 2 unspecified atom stereocenters. The van der Waals surface area contributed by atoms with Crippen LogP contribution in [0.25, 0.3) is 10.8 Å². The summed E-state index contributed by atoms with van der Waals surface area (Å²) in [5.41, 5.74) is 4.59.